The molecule has 2 N–H and O–H groups in total. The number of halogens is 1. The molecule has 0 bridgehead atoms. The molecular formula is C40H53ClN4O7. The summed E-state index contributed by atoms with van der Waals surface area (Å²) in [5, 5.41) is 23.2. The van der Waals surface area contributed by atoms with Gasteiger partial charge in [-0.05, 0) is 81.3 Å². The van der Waals surface area contributed by atoms with Gasteiger partial charge in [0.05, 0.1) is 24.0 Å². The van der Waals surface area contributed by atoms with Crippen LogP contribution >= 0.6 is 11.6 Å². The Morgan fingerprint density at radius 1 is 0.769 bits per heavy atom. The third kappa shape index (κ3) is 12.0. The number of benzene rings is 3. The van der Waals surface area contributed by atoms with E-state index in [2.05, 4.69) is 15.5 Å². The average Bonchev–Trinajstić information content (AvgIpc) is 3.52. The molecule has 11 nitrogen and oxygen atoms in total. The molecule has 52 heavy (non-hydrogen) atoms. The second-order valence-electron chi connectivity index (χ2n) is 14.9. The fourth-order valence-electron chi connectivity index (χ4n) is 4.55. The molecule has 4 rings (SSSR count). The average molecular weight is 737 g/mol. The second kappa shape index (κ2) is 18.2. The van der Waals surface area contributed by atoms with Gasteiger partial charge in [0.25, 0.3) is 0 Å². The summed E-state index contributed by atoms with van der Waals surface area (Å²) in [6.07, 6.45) is 1.27. The number of alkyl carbamates (subject to hydrolysis) is 1. The molecule has 1 aromatic heterocycles. The molecule has 1 heterocycles. The fourth-order valence-corrected chi connectivity index (χ4v) is 4.72. The van der Waals surface area contributed by atoms with Gasteiger partial charge in [-0.25, -0.2) is 4.79 Å². The summed E-state index contributed by atoms with van der Waals surface area (Å²) in [7, 11) is 0. The third-order valence-electron chi connectivity index (χ3n) is 8.83. The van der Waals surface area contributed by atoms with Gasteiger partial charge in [-0.3, -0.25) is 9.59 Å². The zero-order chi connectivity index (χ0) is 38.7. The van der Waals surface area contributed by atoms with Crippen molar-refractivity contribution in [2.24, 2.45) is 10.8 Å². The van der Waals surface area contributed by atoms with Gasteiger partial charge in [0.15, 0.2) is 0 Å². The molecule has 282 valence electrons. The first-order valence-electron chi connectivity index (χ1n) is 17.6. The summed E-state index contributed by atoms with van der Waals surface area (Å²) in [5.41, 5.74) is 2.99. The highest BCUT2D eigenvalue weighted by molar-refractivity contribution is 6.31. The molecule has 0 atom stereocenters. The molecule has 0 aliphatic rings. The first kappa shape index (κ1) is 41.8. The minimum Gasteiger partial charge on any atom is -0.505 e. The van der Waals surface area contributed by atoms with Crippen LogP contribution in [0, 0.1) is 10.8 Å². The smallest absolute Gasteiger partial charge is 0.407 e. The Kier molecular flexibility index (Phi) is 14.6. The van der Waals surface area contributed by atoms with Crippen molar-refractivity contribution in [1.29, 1.82) is 0 Å². The van der Waals surface area contributed by atoms with E-state index < -0.39 is 11.5 Å². The lowest BCUT2D eigenvalue weighted by Crippen LogP contribution is -2.32. The number of aromatic nitrogens is 3. The molecule has 0 unspecified atom stereocenters. The molecule has 0 saturated heterocycles. The number of carbonyl (C=O) groups excluding carboxylic acids is 3. The highest BCUT2D eigenvalue weighted by Gasteiger charge is 2.28. The molecule has 1 amide bonds. The predicted octanol–water partition coefficient (Wildman–Crippen LogP) is 8.49. The van der Waals surface area contributed by atoms with Gasteiger partial charge in [-0.15, -0.1) is 15.0 Å². The molecule has 0 radical (unpaired) electrons. The van der Waals surface area contributed by atoms with Crippen LogP contribution in [0.2, 0.25) is 5.02 Å². The van der Waals surface area contributed by atoms with Gasteiger partial charge in [0.1, 0.15) is 35.7 Å². The normalized spacial score (nSPS) is 11.7. The molecule has 4 aromatic rings. The Hall–Kier alpha value is -4.64. The van der Waals surface area contributed by atoms with Crippen molar-refractivity contribution in [3.8, 4) is 11.4 Å². The van der Waals surface area contributed by atoms with E-state index >= 15 is 0 Å². The van der Waals surface area contributed by atoms with Gasteiger partial charge >= 0.3 is 18.0 Å². The summed E-state index contributed by atoms with van der Waals surface area (Å²) in [4.78, 5) is 37.1. The molecule has 0 spiro atoms. The number of hydrogen-bond acceptors (Lipinski definition) is 9. The van der Waals surface area contributed by atoms with Crippen molar-refractivity contribution in [2.45, 2.75) is 93.6 Å². The quantitative estimate of drug-likeness (QED) is 0.0785. The number of fused-ring (bicyclic) bond motifs is 1. The van der Waals surface area contributed by atoms with Gasteiger partial charge in [-0.1, -0.05) is 82.6 Å². The summed E-state index contributed by atoms with van der Waals surface area (Å²) in [6, 6.07) is 18.6. The number of phenols is 1. The SMILES string of the molecule is CCC(C)(C)C(=O)OCCNC(=O)OCCc1cc(-n2nc3ccc(Cl)cc3n2)c(O)c(C(C)(C)C)c1.CCC(C)(C)C(=O)OCc1ccccc1. The molecule has 0 saturated carbocycles. The van der Waals surface area contributed by atoms with E-state index in [-0.39, 0.29) is 48.3 Å². The van der Waals surface area contributed by atoms with Crippen LogP contribution in [0.4, 0.5) is 4.79 Å². The Bertz CT molecular complexity index is 1810. The zero-order valence-electron chi connectivity index (χ0n) is 31.8. The van der Waals surface area contributed by atoms with Gasteiger partial charge in [0.2, 0.25) is 0 Å². The number of aromatic hydroxyl groups is 1. The zero-order valence-corrected chi connectivity index (χ0v) is 32.6. The van der Waals surface area contributed by atoms with Crippen LogP contribution in [-0.4, -0.2) is 57.9 Å². The van der Waals surface area contributed by atoms with E-state index in [1.54, 1.807) is 24.3 Å². The largest absolute Gasteiger partial charge is 0.505 e. The first-order valence-corrected chi connectivity index (χ1v) is 17.9. The van der Waals surface area contributed by atoms with E-state index in [0.717, 1.165) is 23.1 Å². The maximum atomic E-state index is 12.1. The monoisotopic (exact) mass is 736 g/mol. The van der Waals surface area contributed by atoms with E-state index in [1.165, 1.54) is 4.80 Å². The number of phenolic OH excluding ortho intramolecular Hbond substituents is 1. The second-order valence-corrected chi connectivity index (χ2v) is 15.3. The van der Waals surface area contributed by atoms with Gasteiger partial charge in [0, 0.05) is 17.0 Å². The van der Waals surface area contributed by atoms with Crippen LogP contribution in [0.5, 0.6) is 5.75 Å². The Balaban J connectivity index is 0.000000406. The van der Waals surface area contributed by atoms with Crippen molar-refractivity contribution in [2.75, 3.05) is 19.8 Å². The number of amides is 1. The van der Waals surface area contributed by atoms with Crippen molar-refractivity contribution in [3.63, 3.8) is 0 Å². The van der Waals surface area contributed by atoms with Crippen molar-refractivity contribution >= 4 is 40.7 Å². The molecule has 3 aromatic carbocycles. The fraction of sp³-hybridized carbons (Fsp3) is 0.475. The lowest BCUT2D eigenvalue weighted by atomic mass is 9.84. The molecular weight excluding hydrogens is 684 g/mol. The number of rotatable bonds is 13. The van der Waals surface area contributed by atoms with Crippen molar-refractivity contribution < 1.29 is 33.7 Å². The van der Waals surface area contributed by atoms with Crippen LogP contribution in [0.25, 0.3) is 16.7 Å². The predicted molar refractivity (Wildman–Crippen MR) is 203 cm³/mol. The van der Waals surface area contributed by atoms with E-state index in [1.807, 2.05) is 98.7 Å². The van der Waals surface area contributed by atoms with Crippen LogP contribution in [0.3, 0.4) is 0 Å². The summed E-state index contributed by atoms with van der Waals surface area (Å²) in [5.74, 6) is -0.346. The van der Waals surface area contributed by atoms with E-state index in [4.69, 9.17) is 25.8 Å². The number of carbonyl (C=O) groups is 3. The lowest BCUT2D eigenvalue weighted by molar-refractivity contribution is -0.155. The number of nitrogens with zero attached hydrogens (tertiary/aromatic N) is 3. The van der Waals surface area contributed by atoms with Gasteiger partial charge in [-0.2, -0.15) is 0 Å². The maximum Gasteiger partial charge on any atom is 0.407 e. The third-order valence-corrected chi connectivity index (χ3v) is 9.06. The standard InChI is InChI=1S/C27H35ClN4O5.C13H18O2/c1-7-27(5,6)24(34)36-13-11-29-25(35)37-12-10-17-14-19(26(2,3)4)23(33)22(15-17)32-30-20-9-8-18(28)16-21(20)31-32;1-4-13(2,3)12(14)15-10-11-8-6-5-7-9-11/h8-9,14-16,33H,7,10-13H2,1-6H3,(H,29,35);5-9H,4,10H2,1-3H3. The summed E-state index contributed by atoms with van der Waals surface area (Å²) >= 11 is 6.08. The van der Waals surface area contributed by atoms with Crippen LogP contribution < -0.4 is 5.32 Å². The topological polar surface area (TPSA) is 142 Å². The first-order chi connectivity index (χ1) is 24.4. The summed E-state index contributed by atoms with van der Waals surface area (Å²) < 4.78 is 15.8. The minimum atomic E-state index is -0.599. The number of hydrogen-bond donors (Lipinski definition) is 2. The number of esters is 2. The Morgan fingerprint density at radius 3 is 2.00 bits per heavy atom. The molecule has 0 aliphatic carbocycles. The van der Waals surface area contributed by atoms with Crippen LogP contribution in [0.1, 0.15) is 91.8 Å². The Morgan fingerprint density at radius 2 is 1.38 bits per heavy atom. The van der Waals surface area contributed by atoms with Crippen LogP contribution in [-0.2, 0) is 42.2 Å². The van der Waals surface area contributed by atoms with Crippen molar-refractivity contribution in [1.82, 2.24) is 20.3 Å². The minimum absolute atomic E-state index is 0.0735. The highest BCUT2D eigenvalue weighted by atomic mass is 35.5. The van der Waals surface area contributed by atoms with E-state index in [9.17, 15) is 19.5 Å². The Labute approximate surface area is 312 Å². The lowest BCUT2D eigenvalue weighted by Gasteiger charge is -2.23. The number of nitrogens with one attached hydrogen (secondary N) is 1. The molecule has 0 aliphatic heterocycles. The van der Waals surface area contributed by atoms with Gasteiger partial charge < -0.3 is 24.6 Å². The van der Waals surface area contributed by atoms with Crippen LogP contribution in [0.15, 0.2) is 60.7 Å². The molecule has 0 fully saturated rings. The molecule has 12 heteroatoms. The maximum absolute atomic E-state index is 12.1. The summed E-state index contributed by atoms with van der Waals surface area (Å²) in [6.45, 7) is 18.1. The van der Waals surface area contributed by atoms with E-state index in [0.29, 0.717) is 41.2 Å². The highest BCUT2D eigenvalue weighted by Crippen LogP contribution is 2.36. The van der Waals surface area contributed by atoms with Crippen molar-refractivity contribution in [3.05, 3.63) is 82.4 Å². The number of ether oxygens (including phenoxy) is 3.